The second-order valence-electron chi connectivity index (χ2n) is 5.80. The van der Waals surface area contributed by atoms with E-state index in [9.17, 15) is 0 Å². The first-order chi connectivity index (χ1) is 10.8. The monoisotopic (exact) mass is 297 g/mol. The number of anilines is 2. The molecule has 0 spiro atoms. The summed E-state index contributed by atoms with van der Waals surface area (Å²) in [5.74, 6) is 0.821. The molecule has 2 N–H and O–H groups in total. The van der Waals surface area contributed by atoms with Crippen LogP contribution in [0.5, 0.6) is 0 Å². The lowest BCUT2D eigenvalue weighted by Crippen LogP contribution is -2.29. The van der Waals surface area contributed by atoms with Gasteiger partial charge in [0, 0.05) is 31.2 Å². The summed E-state index contributed by atoms with van der Waals surface area (Å²) < 4.78 is 0. The van der Waals surface area contributed by atoms with Crippen LogP contribution in [0, 0.1) is 0 Å². The topological polar surface area (TPSA) is 53.1 Å². The number of nitrogens with one attached hydrogen (secondary N) is 2. The lowest BCUT2D eigenvalue weighted by Gasteiger charge is -2.20. The van der Waals surface area contributed by atoms with Crippen molar-refractivity contribution < 1.29 is 0 Å². The second kappa shape index (κ2) is 6.75. The highest BCUT2D eigenvalue weighted by molar-refractivity contribution is 5.53. The van der Waals surface area contributed by atoms with E-state index in [2.05, 4.69) is 63.0 Å². The first-order valence-electron chi connectivity index (χ1n) is 7.82. The molecular weight excluding hydrogens is 274 g/mol. The lowest BCUT2D eigenvalue weighted by molar-refractivity contribution is 0.617. The molecule has 1 fully saturated rings. The second-order valence-corrected chi connectivity index (χ2v) is 5.80. The van der Waals surface area contributed by atoms with Gasteiger partial charge in [-0.3, -0.25) is 0 Å². The molecule has 0 aliphatic carbocycles. The van der Waals surface area contributed by atoms with Crippen LogP contribution in [0.3, 0.4) is 0 Å². The molecule has 5 nitrogen and oxygen atoms in total. The van der Waals surface area contributed by atoms with Crippen molar-refractivity contribution in [3.63, 3.8) is 0 Å². The van der Waals surface area contributed by atoms with Crippen molar-refractivity contribution in [2.45, 2.75) is 25.4 Å². The third-order valence-corrected chi connectivity index (χ3v) is 4.27. The summed E-state index contributed by atoms with van der Waals surface area (Å²) in [5, 5.41) is 15.1. The fraction of sp³-hybridized carbons (Fsp3) is 0.412. The summed E-state index contributed by atoms with van der Waals surface area (Å²) in [6, 6.07) is 13.2. The molecule has 0 radical (unpaired) electrons. The van der Waals surface area contributed by atoms with E-state index < -0.39 is 0 Å². The van der Waals surface area contributed by atoms with Crippen molar-refractivity contribution in [2.75, 3.05) is 30.4 Å². The van der Waals surface area contributed by atoms with Gasteiger partial charge < -0.3 is 15.5 Å². The highest BCUT2D eigenvalue weighted by atomic mass is 15.2. The Morgan fingerprint density at radius 3 is 2.82 bits per heavy atom. The van der Waals surface area contributed by atoms with E-state index in [-0.39, 0.29) is 6.04 Å². The molecule has 116 valence electrons. The molecule has 2 heterocycles. The Labute approximate surface area is 131 Å². The summed E-state index contributed by atoms with van der Waals surface area (Å²) in [6.45, 7) is 4.22. The predicted octanol–water partition coefficient (Wildman–Crippen LogP) is 2.45. The molecule has 0 amide bonds. The Hall–Kier alpha value is -2.14. The number of benzene rings is 1. The van der Waals surface area contributed by atoms with Gasteiger partial charge in [-0.25, -0.2) is 0 Å². The zero-order chi connectivity index (χ0) is 15.4. The molecule has 2 aromatic rings. The SMILES string of the molecule is CN[C@@H]1CCN(c2cnnc(N[C@H](C)c3ccccc3)c2)C1. The van der Waals surface area contributed by atoms with Gasteiger partial charge in [0.2, 0.25) is 0 Å². The van der Waals surface area contributed by atoms with Gasteiger partial charge in [0.25, 0.3) is 0 Å². The minimum absolute atomic E-state index is 0.203. The Kier molecular flexibility index (Phi) is 4.53. The van der Waals surface area contributed by atoms with Crippen molar-refractivity contribution in [2.24, 2.45) is 0 Å². The van der Waals surface area contributed by atoms with E-state index >= 15 is 0 Å². The number of hydrogen-bond donors (Lipinski definition) is 2. The minimum atomic E-state index is 0.203. The molecule has 2 atom stereocenters. The Morgan fingerprint density at radius 1 is 1.27 bits per heavy atom. The predicted molar refractivity (Wildman–Crippen MR) is 90.2 cm³/mol. The molecule has 22 heavy (non-hydrogen) atoms. The van der Waals surface area contributed by atoms with Crippen molar-refractivity contribution in [3.8, 4) is 0 Å². The molecule has 1 saturated heterocycles. The van der Waals surface area contributed by atoms with E-state index in [0.717, 1.165) is 24.6 Å². The molecule has 0 bridgehead atoms. The third-order valence-electron chi connectivity index (χ3n) is 4.27. The van der Waals surface area contributed by atoms with Gasteiger partial charge in [0.1, 0.15) is 0 Å². The molecule has 1 aliphatic rings. The fourth-order valence-corrected chi connectivity index (χ4v) is 2.88. The summed E-state index contributed by atoms with van der Waals surface area (Å²) >= 11 is 0. The number of nitrogens with zero attached hydrogens (tertiary/aromatic N) is 3. The standard InChI is InChI=1S/C17H23N5/c1-13(14-6-4-3-5-7-14)20-17-10-16(11-19-21-17)22-9-8-15(12-22)18-2/h3-7,10-11,13,15,18H,8-9,12H2,1-2H3,(H,20,21)/t13-,15-/m1/s1. The first-order valence-corrected chi connectivity index (χ1v) is 7.82. The Morgan fingerprint density at radius 2 is 2.09 bits per heavy atom. The van der Waals surface area contributed by atoms with Crippen LogP contribution in [-0.4, -0.2) is 36.4 Å². The van der Waals surface area contributed by atoms with E-state index in [1.807, 2.05) is 19.3 Å². The Bertz CT molecular complexity index is 601. The van der Waals surface area contributed by atoms with Crippen LogP contribution >= 0.6 is 0 Å². The molecule has 0 saturated carbocycles. The van der Waals surface area contributed by atoms with Crippen LogP contribution in [0.2, 0.25) is 0 Å². The van der Waals surface area contributed by atoms with Crippen molar-refractivity contribution in [3.05, 3.63) is 48.2 Å². The molecule has 0 unspecified atom stereocenters. The fourth-order valence-electron chi connectivity index (χ4n) is 2.88. The number of rotatable bonds is 5. The van der Waals surface area contributed by atoms with Crippen LogP contribution in [-0.2, 0) is 0 Å². The van der Waals surface area contributed by atoms with Gasteiger partial charge >= 0.3 is 0 Å². The number of likely N-dealkylation sites (N-methyl/N-ethyl adjacent to an activating group) is 1. The van der Waals surface area contributed by atoms with Crippen LogP contribution in [0.15, 0.2) is 42.6 Å². The highest BCUT2D eigenvalue weighted by Gasteiger charge is 2.21. The molecule has 5 heteroatoms. The smallest absolute Gasteiger partial charge is 0.151 e. The van der Waals surface area contributed by atoms with Gasteiger partial charge in [0.05, 0.1) is 11.9 Å². The van der Waals surface area contributed by atoms with Gasteiger partial charge in [-0.15, -0.1) is 5.10 Å². The Balaban J connectivity index is 1.69. The highest BCUT2D eigenvalue weighted by Crippen LogP contribution is 2.23. The van der Waals surface area contributed by atoms with E-state index in [0.29, 0.717) is 6.04 Å². The van der Waals surface area contributed by atoms with E-state index in [1.54, 1.807) is 0 Å². The largest absolute Gasteiger partial charge is 0.369 e. The molecular formula is C17H23N5. The summed E-state index contributed by atoms with van der Waals surface area (Å²) in [4.78, 5) is 2.36. The maximum atomic E-state index is 4.21. The normalized spacial score (nSPS) is 19.2. The van der Waals surface area contributed by atoms with Gasteiger partial charge in [-0.1, -0.05) is 30.3 Å². The minimum Gasteiger partial charge on any atom is -0.369 e. The molecule has 1 aliphatic heterocycles. The quantitative estimate of drug-likeness (QED) is 0.888. The zero-order valence-corrected chi connectivity index (χ0v) is 13.2. The summed E-state index contributed by atoms with van der Waals surface area (Å²) in [6.07, 6.45) is 3.01. The van der Waals surface area contributed by atoms with Crippen LogP contribution in [0.25, 0.3) is 0 Å². The van der Waals surface area contributed by atoms with E-state index in [1.165, 1.54) is 12.0 Å². The van der Waals surface area contributed by atoms with Crippen LogP contribution < -0.4 is 15.5 Å². The lowest BCUT2D eigenvalue weighted by atomic mass is 10.1. The van der Waals surface area contributed by atoms with Crippen molar-refractivity contribution >= 4 is 11.5 Å². The van der Waals surface area contributed by atoms with E-state index in [4.69, 9.17) is 0 Å². The first kappa shape index (κ1) is 14.8. The van der Waals surface area contributed by atoms with Gasteiger partial charge in [0.15, 0.2) is 5.82 Å². The summed E-state index contributed by atoms with van der Waals surface area (Å²) in [7, 11) is 2.02. The van der Waals surface area contributed by atoms with Crippen molar-refractivity contribution in [1.82, 2.24) is 15.5 Å². The average Bonchev–Trinajstić information content (AvgIpc) is 3.05. The van der Waals surface area contributed by atoms with Crippen LogP contribution in [0.4, 0.5) is 11.5 Å². The summed E-state index contributed by atoms with van der Waals surface area (Å²) in [5.41, 5.74) is 2.38. The van der Waals surface area contributed by atoms with Crippen LogP contribution in [0.1, 0.15) is 24.9 Å². The maximum Gasteiger partial charge on any atom is 0.151 e. The zero-order valence-electron chi connectivity index (χ0n) is 13.2. The maximum absolute atomic E-state index is 4.21. The van der Waals surface area contributed by atoms with Gasteiger partial charge in [-0.2, -0.15) is 5.10 Å². The van der Waals surface area contributed by atoms with Crippen molar-refractivity contribution in [1.29, 1.82) is 0 Å². The van der Waals surface area contributed by atoms with Gasteiger partial charge in [-0.05, 0) is 26.0 Å². The molecule has 1 aromatic carbocycles. The average molecular weight is 297 g/mol. The molecule has 1 aromatic heterocycles. The third kappa shape index (κ3) is 3.36. The molecule has 3 rings (SSSR count). The number of hydrogen-bond acceptors (Lipinski definition) is 5. The number of aromatic nitrogens is 2.